The summed E-state index contributed by atoms with van der Waals surface area (Å²) in [6, 6.07) is 17.3. The van der Waals surface area contributed by atoms with Crippen LogP contribution in [0.5, 0.6) is 5.75 Å². The summed E-state index contributed by atoms with van der Waals surface area (Å²) in [5, 5.41) is 2.70. The van der Waals surface area contributed by atoms with Gasteiger partial charge in [-0.15, -0.1) is 0 Å². The standard InChI is InChI=1S/C23H26N2O5S/c1-3-29-22-12-11-21(14-18(22)2)31(27,28)25(16-19-8-5-4-6-9-19)17-23(26)24-15-20-10-7-13-30-20/h4-14H,3,15-17H2,1-2H3,(H,24,26). The van der Waals surface area contributed by atoms with Crippen LogP contribution < -0.4 is 10.1 Å². The molecule has 1 amide bonds. The molecule has 0 atom stereocenters. The number of furan rings is 1. The smallest absolute Gasteiger partial charge is 0.243 e. The maximum Gasteiger partial charge on any atom is 0.243 e. The number of rotatable bonds is 10. The Balaban J connectivity index is 1.83. The number of amides is 1. The molecule has 0 aliphatic heterocycles. The van der Waals surface area contributed by atoms with Crippen molar-refractivity contribution in [2.24, 2.45) is 0 Å². The molecule has 0 aliphatic carbocycles. The quantitative estimate of drug-likeness (QED) is 0.519. The van der Waals surface area contributed by atoms with E-state index < -0.39 is 15.9 Å². The van der Waals surface area contributed by atoms with Crippen molar-refractivity contribution < 1.29 is 22.4 Å². The topological polar surface area (TPSA) is 88.9 Å². The molecule has 1 heterocycles. The highest BCUT2D eigenvalue weighted by atomic mass is 32.2. The molecule has 0 fully saturated rings. The molecule has 0 bridgehead atoms. The van der Waals surface area contributed by atoms with E-state index in [4.69, 9.17) is 9.15 Å². The summed E-state index contributed by atoms with van der Waals surface area (Å²) in [6.07, 6.45) is 1.52. The zero-order valence-electron chi connectivity index (χ0n) is 17.6. The van der Waals surface area contributed by atoms with Crippen LogP contribution in [-0.2, 0) is 27.9 Å². The van der Waals surface area contributed by atoms with E-state index in [1.165, 1.54) is 16.6 Å². The lowest BCUT2D eigenvalue weighted by atomic mass is 10.2. The molecule has 3 rings (SSSR count). The van der Waals surface area contributed by atoms with Gasteiger partial charge in [0.15, 0.2) is 0 Å². The molecule has 3 aromatic rings. The van der Waals surface area contributed by atoms with Gasteiger partial charge in [-0.25, -0.2) is 8.42 Å². The Morgan fingerprint density at radius 3 is 2.52 bits per heavy atom. The minimum Gasteiger partial charge on any atom is -0.494 e. The van der Waals surface area contributed by atoms with E-state index in [1.807, 2.05) is 37.3 Å². The summed E-state index contributed by atoms with van der Waals surface area (Å²) in [5.74, 6) is 0.804. The van der Waals surface area contributed by atoms with Gasteiger partial charge in [0.05, 0.1) is 30.9 Å². The van der Waals surface area contributed by atoms with Gasteiger partial charge in [-0.1, -0.05) is 30.3 Å². The van der Waals surface area contributed by atoms with E-state index in [0.717, 1.165) is 5.56 Å². The van der Waals surface area contributed by atoms with Crippen LogP contribution >= 0.6 is 0 Å². The molecule has 0 unspecified atom stereocenters. The third-order valence-electron chi connectivity index (χ3n) is 4.65. The molecule has 164 valence electrons. The van der Waals surface area contributed by atoms with E-state index in [9.17, 15) is 13.2 Å². The van der Waals surface area contributed by atoms with E-state index in [2.05, 4.69) is 5.32 Å². The van der Waals surface area contributed by atoms with Crippen LogP contribution in [0.4, 0.5) is 0 Å². The van der Waals surface area contributed by atoms with Gasteiger partial charge in [0.25, 0.3) is 0 Å². The van der Waals surface area contributed by atoms with Gasteiger partial charge in [-0.05, 0) is 55.3 Å². The Bertz CT molecular complexity index is 1100. The van der Waals surface area contributed by atoms with Crippen LogP contribution in [0.3, 0.4) is 0 Å². The van der Waals surface area contributed by atoms with E-state index >= 15 is 0 Å². The largest absolute Gasteiger partial charge is 0.494 e. The number of nitrogens with one attached hydrogen (secondary N) is 1. The zero-order valence-corrected chi connectivity index (χ0v) is 18.4. The monoisotopic (exact) mass is 442 g/mol. The normalized spacial score (nSPS) is 11.5. The summed E-state index contributed by atoms with van der Waals surface area (Å²) >= 11 is 0. The van der Waals surface area contributed by atoms with Crippen LogP contribution in [-0.4, -0.2) is 31.8 Å². The SMILES string of the molecule is CCOc1ccc(S(=O)(=O)N(CC(=O)NCc2ccco2)Cc2ccccc2)cc1C. The lowest BCUT2D eigenvalue weighted by Gasteiger charge is -2.22. The van der Waals surface area contributed by atoms with Gasteiger partial charge in [-0.2, -0.15) is 4.31 Å². The molecule has 31 heavy (non-hydrogen) atoms. The average Bonchev–Trinajstić information content (AvgIpc) is 3.28. The molecule has 0 radical (unpaired) electrons. The average molecular weight is 443 g/mol. The number of benzene rings is 2. The summed E-state index contributed by atoms with van der Waals surface area (Å²) in [7, 11) is -3.93. The van der Waals surface area contributed by atoms with Crippen LogP contribution in [0.25, 0.3) is 0 Å². The first kappa shape index (κ1) is 22.6. The summed E-state index contributed by atoms with van der Waals surface area (Å²) < 4.78 is 38.7. The number of sulfonamides is 1. The highest BCUT2D eigenvalue weighted by molar-refractivity contribution is 7.89. The first-order valence-electron chi connectivity index (χ1n) is 9.96. The molecule has 1 N–H and O–H groups in total. The first-order valence-corrected chi connectivity index (χ1v) is 11.4. The van der Waals surface area contributed by atoms with E-state index in [0.29, 0.717) is 23.7 Å². The fourth-order valence-electron chi connectivity index (χ4n) is 3.08. The maximum absolute atomic E-state index is 13.4. The van der Waals surface area contributed by atoms with E-state index in [-0.39, 0.29) is 24.5 Å². The third-order valence-corrected chi connectivity index (χ3v) is 6.43. The number of aryl methyl sites for hydroxylation is 1. The Morgan fingerprint density at radius 2 is 1.87 bits per heavy atom. The molecular weight excluding hydrogens is 416 g/mol. The fourth-order valence-corrected chi connectivity index (χ4v) is 4.55. The summed E-state index contributed by atoms with van der Waals surface area (Å²) in [4.78, 5) is 12.7. The Hall–Kier alpha value is -3.10. The molecule has 0 spiro atoms. The second-order valence-electron chi connectivity index (χ2n) is 6.98. The Labute approximate surface area is 182 Å². The molecular formula is C23H26N2O5S. The summed E-state index contributed by atoms with van der Waals surface area (Å²) in [6.45, 7) is 4.10. The molecule has 7 nitrogen and oxygen atoms in total. The van der Waals surface area contributed by atoms with Gasteiger partial charge in [0.1, 0.15) is 11.5 Å². The minimum absolute atomic E-state index is 0.0730. The Morgan fingerprint density at radius 1 is 1.10 bits per heavy atom. The van der Waals surface area contributed by atoms with Crippen LogP contribution in [0.15, 0.2) is 76.2 Å². The van der Waals surface area contributed by atoms with Crippen LogP contribution in [0.2, 0.25) is 0 Å². The predicted octanol–water partition coefficient (Wildman–Crippen LogP) is 3.49. The molecule has 2 aromatic carbocycles. The van der Waals surface area contributed by atoms with Gasteiger partial charge < -0.3 is 14.5 Å². The second kappa shape index (κ2) is 10.3. The minimum atomic E-state index is -3.93. The van der Waals surface area contributed by atoms with Crippen molar-refractivity contribution in [3.8, 4) is 5.75 Å². The number of carbonyl (C=O) groups is 1. The molecule has 1 aromatic heterocycles. The Kier molecular flexibility index (Phi) is 7.49. The van der Waals surface area contributed by atoms with Crippen molar-refractivity contribution in [1.82, 2.24) is 9.62 Å². The van der Waals surface area contributed by atoms with E-state index in [1.54, 1.807) is 31.2 Å². The van der Waals surface area contributed by atoms with Crippen molar-refractivity contribution in [2.45, 2.75) is 31.8 Å². The molecule has 0 saturated carbocycles. The molecule has 0 aliphatic rings. The molecule has 8 heteroatoms. The third kappa shape index (κ3) is 5.96. The van der Waals surface area contributed by atoms with Gasteiger partial charge in [0.2, 0.25) is 15.9 Å². The van der Waals surface area contributed by atoms with Crippen molar-refractivity contribution >= 4 is 15.9 Å². The van der Waals surface area contributed by atoms with Crippen LogP contribution in [0, 0.1) is 6.92 Å². The lowest BCUT2D eigenvalue weighted by molar-refractivity contribution is -0.121. The fraction of sp³-hybridized carbons (Fsp3) is 0.261. The number of hydrogen-bond acceptors (Lipinski definition) is 5. The van der Waals surface area contributed by atoms with Crippen molar-refractivity contribution in [2.75, 3.05) is 13.2 Å². The number of carbonyl (C=O) groups excluding carboxylic acids is 1. The number of nitrogens with zero attached hydrogens (tertiary/aromatic N) is 1. The lowest BCUT2D eigenvalue weighted by Crippen LogP contribution is -2.40. The van der Waals surface area contributed by atoms with Gasteiger partial charge in [-0.3, -0.25) is 4.79 Å². The van der Waals surface area contributed by atoms with Crippen molar-refractivity contribution in [1.29, 1.82) is 0 Å². The highest BCUT2D eigenvalue weighted by Crippen LogP contribution is 2.25. The number of hydrogen-bond donors (Lipinski definition) is 1. The highest BCUT2D eigenvalue weighted by Gasteiger charge is 2.27. The first-order chi connectivity index (χ1) is 14.9. The van der Waals surface area contributed by atoms with Crippen molar-refractivity contribution in [3.63, 3.8) is 0 Å². The van der Waals surface area contributed by atoms with Gasteiger partial charge >= 0.3 is 0 Å². The van der Waals surface area contributed by atoms with Crippen molar-refractivity contribution in [3.05, 3.63) is 83.8 Å². The predicted molar refractivity (Wildman–Crippen MR) is 117 cm³/mol. The number of ether oxygens (including phenoxy) is 1. The van der Waals surface area contributed by atoms with Crippen LogP contribution in [0.1, 0.15) is 23.8 Å². The molecule has 0 saturated heterocycles. The zero-order chi connectivity index (χ0) is 22.3. The van der Waals surface area contributed by atoms with Gasteiger partial charge in [0, 0.05) is 6.54 Å². The second-order valence-corrected chi connectivity index (χ2v) is 8.91. The maximum atomic E-state index is 13.4. The summed E-state index contributed by atoms with van der Waals surface area (Å²) in [5.41, 5.74) is 1.50.